The van der Waals surface area contributed by atoms with E-state index in [1.54, 1.807) is 4.90 Å². The van der Waals surface area contributed by atoms with E-state index in [-0.39, 0.29) is 11.9 Å². The number of carbonyl (C=O) groups excluding carboxylic acids is 1. The van der Waals surface area contributed by atoms with Gasteiger partial charge in [0.15, 0.2) is 0 Å². The quantitative estimate of drug-likeness (QED) is 0.860. The molecular formula is C16H19BrN2O3. The van der Waals surface area contributed by atoms with Gasteiger partial charge in [-0.3, -0.25) is 4.79 Å². The third-order valence-corrected chi connectivity index (χ3v) is 4.21. The minimum absolute atomic E-state index is 0.135. The van der Waals surface area contributed by atoms with Gasteiger partial charge in [-0.1, -0.05) is 40.2 Å². The fourth-order valence-electron chi connectivity index (χ4n) is 2.36. The largest absolute Gasteiger partial charge is 0.481 e. The lowest BCUT2D eigenvalue weighted by Crippen LogP contribution is -2.45. The Kier molecular flexibility index (Phi) is 6.00. The third-order valence-electron chi connectivity index (χ3n) is 3.68. The molecule has 0 atom stereocenters. The highest BCUT2D eigenvalue weighted by molar-refractivity contribution is 9.10. The van der Waals surface area contributed by atoms with E-state index >= 15 is 0 Å². The molecule has 118 valence electrons. The third kappa shape index (κ3) is 4.87. The number of rotatable bonds is 4. The van der Waals surface area contributed by atoms with Crippen LogP contribution in [-0.2, 0) is 4.79 Å². The first kappa shape index (κ1) is 16.5. The van der Waals surface area contributed by atoms with Crippen molar-refractivity contribution < 1.29 is 14.7 Å². The van der Waals surface area contributed by atoms with Crippen LogP contribution < -0.4 is 5.32 Å². The Balaban J connectivity index is 1.72. The van der Waals surface area contributed by atoms with Crippen LogP contribution in [-0.4, -0.2) is 41.6 Å². The summed E-state index contributed by atoms with van der Waals surface area (Å²) in [5.74, 6) is -1.08. The molecule has 2 amide bonds. The second kappa shape index (κ2) is 7.98. The molecule has 0 radical (unpaired) electrons. The van der Waals surface area contributed by atoms with Gasteiger partial charge in [0.05, 0.1) is 5.92 Å². The zero-order valence-corrected chi connectivity index (χ0v) is 13.8. The number of carbonyl (C=O) groups is 2. The summed E-state index contributed by atoms with van der Waals surface area (Å²) in [5, 5.41) is 11.8. The Morgan fingerprint density at radius 2 is 1.91 bits per heavy atom. The van der Waals surface area contributed by atoms with Gasteiger partial charge in [-0.2, -0.15) is 0 Å². The van der Waals surface area contributed by atoms with Gasteiger partial charge in [-0.05, 0) is 30.5 Å². The molecule has 22 heavy (non-hydrogen) atoms. The molecule has 1 aromatic carbocycles. The number of benzene rings is 1. The maximum atomic E-state index is 12.0. The average Bonchev–Trinajstić information content (AvgIpc) is 2.53. The van der Waals surface area contributed by atoms with Crippen molar-refractivity contribution in [2.75, 3.05) is 19.6 Å². The van der Waals surface area contributed by atoms with Crippen molar-refractivity contribution in [3.05, 3.63) is 40.4 Å². The van der Waals surface area contributed by atoms with Gasteiger partial charge in [0, 0.05) is 24.1 Å². The minimum Gasteiger partial charge on any atom is -0.481 e. The molecule has 1 fully saturated rings. The number of carboxylic acid groups (broad SMARTS) is 1. The molecule has 6 heteroatoms. The number of nitrogens with one attached hydrogen (secondary N) is 1. The van der Waals surface area contributed by atoms with Gasteiger partial charge in [-0.15, -0.1) is 0 Å². The monoisotopic (exact) mass is 366 g/mol. The van der Waals surface area contributed by atoms with Crippen molar-refractivity contribution in [1.29, 1.82) is 0 Å². The minimum atomic E-state index is -0.766. The van der Waals surface area contributed by atoms with Crippen LogP contribution >= 0.6 is 15.9 Å². The summed E-state index contributed by atoms with van der Waals surface area (Å²) in [6, 6.07) is 7.76. The first-order chi connectivity index (χ1) is 10.6. The smallest absolute Gasteiger partial charge is 0.317 e. The van der Waals surface area contributed by atoms with E-state index in [0.29, 0.717) is 32.5 Å². The predicted molar refractivity (Wildman–Crippen MR) is 88.5 cm³/mol. The first-order valence-corrected chi connectivity index (χ1v) is 8.03. The van der Waals surface area contributed by atoms with Gasteiger partial charge in [0.25, 0.3) is 0 Å². The van der Waals surface area contributed by atoms with E-state index < -0.39 is 5.97 Å². The Morgan fingerprint density at radius 1 is 1.27 bits per heavy atom. The number of hydrogen-bond donors (Lipinski definition) is 2. The van der Waals surface area contributed by atoms with Crippen LogP contribution in [0.3, 0.4) is 0 Å². The van der Waals surface area contributed by atoms with E-state index in [4.69, 9.17) is 5.11 Å². The molecule has 1 aliphatic heterocycles. The zero-order chi connectivity index (χ0) is 15.9. The van der Waals surface area contributed by atoms with Crippen LogP contribution in [0.25, 0.3) is 6.08 Å². The molecule has 1 aliphatic rings. The van der Waals surface area contributed by atoms with Crippen molar-refractivity contribution in [2.24, 2.45) is 5.92 Å². The lowest BCUT2D eigenvalue weighted by atomic mass is 9.97. The molecule has 0 unspecified atom stereocenters. The molecule has 1 aromatic rings. The van der Waals surface area contributed by atoms with Crippen LogP contribution in [0.4, 0.5) is 4.79 Å². The van der Waals surface area contributed by atoms with E-state index in [1.807, 2.05) is 36.4 Å². The van der Waals surface area contributed by atoms with E-state index in [9.17, 15) is 9.59 Å². The van der Waals surface area contributed by atoms with E-state index in [2.05, 4.69) is 21.2 Å². The second-order valence-corrected chi connectivity index (χ2v) is 6.16. The number of urea groups is 1. The van der Waals surface area contributed by atoms with Gasteiger partial charge in [0.1, 0.15) is 0 Å². The number of carboxylic acids is 1. The van der Waals surface area contributed by atoms with Gasteiger partial charge in [-0.25, -0.2) is 4.79 Å². The topological polar surface area (TPSA) is 69.6 Å². The number of piperidine rings is 1. The highest BCUT2D eigenvalue weighted by Gasteiger charge is 2.26. The molecule has 2 N–H and O–H groups in total. The maximum absolute atomic E-state index is 12.0. The summed E-state index contributed by atoms with van der Waals surface area (Å²) in [5.41, 5.74) is 1.07. The van der Waals surface area contributed by atoms with Crippen molar-refractivity contribution in [3.63, 3.8) is 0 Å². The summed E-state index contributed by atoms with van der Waals surface area (Å²) in [6.45, 7) is 1.45. The molecule has 0 bridgehead atoms. The number of halogens is 1. The summed E-state index contributed by atoms with van der Waals surface area (Å²) < 4.78 is 1.03. The van der Waals surface area contributed by atoms with Crippen molar-refractivity contribution in [3.8, 4) is 0 Å². The normalized spacial score (nSPS) is 16.0. The second-order valence-electron chi connectivity index (χ2n) is 5.24. The summed E-state index contributed by atoms with van der Waals surface area (Å²) in [6.07, 6.45) is 4.89. The maximum Gasteiger partial charge on any atom is 0.317 e. The lowest BCUT2D eigenvalue weighted by molar-refractivity contribution is -0.143. The number of amides is 2. The van der Waals surface area contributed by atoms with Crippen molar-refractivity contribution >= 4 is 34.0 Å². The van der Waals surface area contributed by atoms with Crippen LogP contribution in [0.2, 0.25) is 0 Å². The lowest BCUT2D eigenvalue weighted by Gasteiger charge is -2.29. The Labute approximate surface area is 138 Å². The number of aliphatic carboxylic acids is 1. The Morgan fingerprint density at radius 3 is 2.50 bits per heavy atom. The predicted octanol–water partition coefficient (Wildman–Crippen LogP) is 2.97. The SMILES string of the molecule is O=C(O)C1CCN(C(=O)NC/C=C/c2ccc(Br)cc2)CC1. The number of likely N-dealkylation sites (tertiary alicyclic amines) is 1. The summed E-state index contributed by atoms with van der Waals surface area (Å²) in [4.78, 5) is 24.5. The number of hydrogen-bond acceptors (Lipinski definition) is 2. The Hall–Kier alpha value is -1.82. The van der Waals surface area contributed by atoms with E-state index in [1.165, 1.54) is 0 Å². The molecule has 0 spiro atoms. The molecule has 2 rings (SSSR count). The van der Waals surface area contributed by atoms with Crippen molar-refractivity contribution in [1.82, 2.24) is 10.2 Å². The first-order valence-electron chi connectivity index (χ1n) is 7.24. The highest BCUT2D eigenvalue weighted by atomic mass is 79.9. The van der Waals surface area contributed by atoms with Crippen LogP contribution in [0, 0.1) is 5.92 Å². The standard InChI is InChI=1S/C16H19BrN2O3/c17-14-5-3-12(4-6-14)2-1-9-18-16(22)19-10-7-13(8-11-19)15(20)21/h1-6,13H,7-11H2,(H,18,22)(H,20,21)/b2-1+. The molecule has 1 saturated heterocycles. The average molecular weight is 367 g/mol. The molecular weight excluding hydrogens is 348 g/mol. The summed E-state index contributed by atoms with van der Waals surface area (Å²) >= 11 is 3.38. The molecule has 1 heterocycles. The van der Waals surface area contributed by atoms with Gasteiger partial charge >= 0.3 is 12.0 Å². The fraction of sp³-hybridized carbons (Fsp3) is 0.375. The van der Waals surface area contributed by atoms with E-state index in [0.717, 1.165) is 10.0 Å². The van der Waals surface area contributed by atoms with Crippen LogP contribution in [0.5, 0.6) is 0 Å². The van der Waals surface area contributed by atoms with Crippen LogP contribution in [0.1, 0.15) is 18.4 Å². The Bertz CT molecular complexity index is 549. The molecule has 0 aromatic heterocycles. The van der Waals surface area contributed by atoms with Gasteiger partial charge < -0.3 is 15.3 Å². The summed E-state index contributed by atoms with van der Waals surface area (Å²) in [7, 11) is 0. The molecule has 0 aliphatic carbocycles. The van der Waals surface area contributed by atoms with Crippen LogP contribution in [0.15, 0.2) is 34.8 Å². The number of nitrogens with zero attached hydrogens (tertiary/aromatic N) is 1. The zero-order valence-electron chi connectivity index (χ0n) is 12.2. The molecule has 5 nitrogen and oxygen atoms in total. The molecule has 0 saturated carbocycles. The highest BCUT2D eigenvalue weighted by Crippen LogP contribution is 2.17. The fourth-order valence-corrected chi connectivity index (χ4v) is 2.62. The van der Waals surface area contributed by atoms with Crippen molar-refractivity contribution in [2.45, 2.75) is 12.8 Å². The van der Waals surface area contributed by atoms with Gasteiger partial charge in [0.2, 0.25) is 0 Å².